The smallest absolute Gasteiger partial charge is 0.289 e. The van der Waals surface area contributed by atoms with E-state index in [2.05, 4.69) is 19.9 Å². The number of likely N-dealkylation sites (tertiary alicyclic amines) is 1. The van der Waals surface area contributed by atoms with Gasteiger partial charge in [-0.1, -0.05) is 5.16 Å². The Morgan fingerprint density at radius 3 is 2.84 bits per heavy atom. The zero-order valence-corrected chi connectivity index (χ0v) is 18.2. The average Bonchev–Trinajstić information content (AvgIpc) is 3.13. The Bertz CT molecular complexity index is 1040. The van der Waals surface area contributed by atoms with Crippen molar-refractivity contribution < 1.29 is 13.7 Å². The minimum atomic E-state index is -0.0332. The Morgan fingerprint density at radius 1 is 1.19 bits per heavy atom. The summed E-state index contributed by atoms with van der Waals surface area (Å²) in [6, 6.07) is 3.66. The van der Waals surface area contributed by atoms with E-state index in [1.54, 1.807) is 6.07 Å². The maximum Gasteiger partial charge on any atom is 0.289 e. The summed E-state index contributed by atoms with van der Waals surface area (Å²) < 4.78 is 13.3. The van der Waals surface area contributed by atoms with Gasteiger partial charge in [0.15, 0.2) is 5.76 Å². The Kier molecular flexibility index (Phi) is 5.38. The molecule has 1 saturated heterocycles. The molecule has 8 heteroatoms. The number of aryl methyl sites for hydroxylation is 2. The first-order valence-corrected chi connectivity index (χ1v) is 11.2. The maximum absolute atomic E-state index is 13.1. The maximum atomic E-state index is 13.1. The highest BCUT2D eigenvalue weighted by Crippen LogP contribution is 2.31. The van der Waals surface area contributed by atoms with Gasteiger partial charge in [-0.3, -0.25) is 4.79 Å². The number of hydrogen-bond donors (Lipinski definition) is 0. The second kappa shape index (κ2) is 8.32. The molecule has 2 aliphatic rings. The molecule has 5 rings (SSSR count). The Labute approximate surface area is 181 Å². The van der Waals surface area contributed by atoms with Crippen molar-refractivity contribution in [3.63, 3.8) is 0 Å². The molecule has 3 aromatic heterocycles. The zero-order chi connectivity index (χ0) is 21.4. The molecule has 1 atom stereocenters. The van der Waals surface area contributed by atoms with E-state index in [0.29, 0.717) is 18.1 Å². The van der Waals surface area contributed by atoms with Crippen molar-refractivity contribution in [1.29, 1.82) is 0 Å². The van der Waals surface area contributed by atoms with Crippen LogP contribution in [-0.2, 0) is 19.4 Å². The third-order valence-electron chi connectivity index (χ3n) is 6.53. The molecule has 4 heterocycles. The number of amides is 1. The van der Waals surface area contributed by atoms with Gasteiger partial charge in [0, 0.05) is 38.0 Å². The normalized spacial score (nSPS) is 19.2. The van der Waals surface area contributed by atoms with Gasteiger partial charge in [0.1, 0.15) is 23.7 Å². The lowest BCUT2D eigenvalue weighted by Crippen LogP contribution is -2.40. The number of piperidine rings is 1. The number of rotatable bonds is 7. The van der Waals surface area contributed by atoms with Crippen LogP contribution in [-0.4, -0.2) is 43.8 Å². The average molecular weight is 424 g/mol. The van der Waals surface area contributed by atoms with Crippen LogP contribution in [0.25, 0.3) is 0 Å². The summed E-state index contributed by atoms with van der Waals surface area (Å²) in [7, 11) is 0. The fourth-order valence-electron chi connectivity index (χ4n) is 4.51. The molecule has 0 bridgehead atoms. The molecule has 8 nitrogen and oxygen atoms in total. The van der Waals surface area contributed by atoms with Crippen LogP contribution in [0.15, 0.2) is 27.4 Å². The van der Waals surface area contributed by atoms with Crippen molar-refractivity contribution in [2.45, 2.75) is 58.9 Å². The second-order valence-corrected chi connectivity index (χ2v) is 9.05. The molecule has 1 amide bonds. The topological polar surface area (TPSA) is 90.2 Å². The summed E-state index contributed by atoms with van der Waals surface area (Å²) in [6.07, 6.45) is 8.02. The van der Waals surface area contributed by atoms with Crippen LogP contribution in [0.3, 0.4) is 0 Å². The van der Waals surface area contributed by atoms with Crippen LogP contribution in [0.1, 0.15) is 64.8 Å². The van der Waals surface area contributed by atoms with Crippen LogP contribution in [0, 0.1) is 25.7 Å². The molecule has 0 spiro atoms. The van der Waals surface area contributed by atoms with Crippen molar-refractivity contribution in [2.75, 3.05) is 13.1 Å². The van der Waals surface area contributed by atoms with Gasteiger partial charge < -0.3 is 18.4 Å². The Morgan fingerprint density at radius 2 is 2.06 bits per heavy atom. The number of carbonyl (C=O) groups is 1. The summed E-state index contributed by atoms with van der Waals surface area (Å²) in [4.78, 5) is 15.0. The van der Waals surface area contributed by atoms with E-state index < -0.39 is 0 Å². The van der Waals surface area contributed by atoms with Crippen molar-refractivity contribution >= 4 is 5.91 Å². The first kappa shape index (κ1) is 20.0. The Balaban J connectivity index is 1.22. The third kappa shape index (κ3) is 4.43. The van der Waals surface area contributed by atoms with Crippen molar-refractivity contribution in [2.24, 2.45) is 11.8 Å². The van der Waals surface area contributed by atoms with E-state index >= 15 is 0 Å². The van der Waals surface area contributed by atoms with Gasteiger partial charge in [-0.15, -0.1) is 10.2 Å². The molecule has 164 valence electrons. The molecule has 1 unspecified atom stereocenters. The predicted molar refractivity (Wildman–Crippen MR) is 113 cm³/mol. The van der Waals surface area contributed by atoms with Gasteiger partial charge in [0.05, 0.1) is 5.69 Å². The Hall–Kier alpha value is -2.90. The highest BCUT2D eigenvalue weighted by Gasteiger charge is 2.29. The zero-order valence-electron chi connectivity index (χ0n) is 18.2. The van der Waals surface area contributed by atoms with Crippen LogP contribution >= 0.6 is 0 Å². The summed E-state index contributed by atoms with van der Waals surface area (Å²) >= 11 is 0. The van der Waals surface area contributed by atoms with Gasteiger partial charge in [0.2, 0.25) is 0 Å². The first-order chi connectivity index (χ1) is 15.1. The van der Waals surface area contributed by atoms with Crippen molar-refractivity contribution in [1.82, 2.24) is 24.8 Å². The van der Waals surface area contributed by atoms with Crippen molar-refractivity contribution in [3.05, 3.63) is 52.8 Å². The number of furan rings is 1. The number of hydrogen-bond acceptors (Lipinski definition) is 6. The molecule has 1 saturated carbocycles. The first-order valence-electron chi connectivity index (χ1n) is 11.2. The van der Waals surface area contributed by atoms with E-state index in [1.807, 2.05) is 31.1 Å². The van der Waals surface area contributed by atoms with E-state index in [1.165, 1.54) is 12.8 Å². The van der Waals surface area contributed by atoms with Gasteiger partial charge >= 0.3 is 0 Å². The lowest BCUT2D eigenvalue weighted by molar-refractivity contribution is 0.0638. The van der Waals surface area contributed by atoms with Crippen LogP contribution in [0.5, 0.6) is 0 Å². The number of carbonyl (C=O) groups excluding carboxylic acids is 1. The molecule has 31 heavy (non-hydrogen) atoms. The van der Waals surface area contributed by atoms with E-state index in [4.69, 9.17) is 8.94 Å². The summed E-state index contributed by atoms with van der Waals surface area (Å²) in [5.41, 5.74) is 1.87. The second-order valence-electron chi connectivity index (χ2n) is 9.05. The monoisotopic (exact) mass is 423 g/mol. The third-order valence-corrected chi connectivity index (χ3v) is 6.53. The molecule has 3 aromatic rings. The van der Waals surface area contributed by atoms with Gasteiger partial charge in [0.25, 0.3) is 5.91 Å². The van der Waals surface area contributed by atoms with E-state index in [9.17, 15) is 4.79 Å². The predicted octanol–water partition coefficient (Wildman–Crippen LogP) is 3.57. The SMILES string of the molecule is Cc1noc(C)c1Cc1ccc(C(=O)N2CCCC(Cc3nncn3CC3CC3)C2)o1. The molecule has 0 aromatic carbocycles. The van der Waals surface area contributed by atoms with E-state index in [-0.39, 0.29) is 5.91 Å². The number of aromatic nitrogens is 4. The largest absolute Gasteiger partial charge is 0.456 e. The molecule has 2 fully saturated rings. The lowest BCUT2D eigenvalue weighted by atomic mass is 9.94. The fourth-order valence-corrected chi connectivity index (χ4v) is 4.51. The quantitative estimate of drug-likeness (QED) is 0.577. The standard InChI is InChI=1S/C23H29N5O3/c1-15-20(16(2)31-26-15)11-19-7-8-21(30-19)23(29)27-9-3-4-18(13-27)10-22-25-24-14-28(22)12-17-5-6-17/h7-8,14,17-18H,3-6,9-13H2,1-2H3. The highest BCUT2D eigenvalue weighted by atomic mass is 16.5. The molecule has 1 aliphatic carbocycles. The van der Waals surface area contributed by atoms with Gasteiger partial charge in [-0.2, -0.15) is 0 Å². The fraction of sp³-hybridized carbons (Fsp3) is 0.565. The number of nitrogens with zero attached hydrogens (tertiary/aromatic N) is 5. The molecule has 0 radical (unpaired) electrons. The van der Waals surface area contributed by atoms with Crippen molar-refractivity contribution in [3.8, 4) is 0 Å². The molecule has 0 N–H and O–H groups in total. The molecule has 1 aliphatic heterocycles. The molecular formula is C23H29N5O3. The summed E-state index contributed by atoms with van der Waals surface area (Å²) in [5.74, 6) is 4.14. The van der Waals surface area contributed by atoms with Gasteiger partial charge in [-0.25, -0.2) is 0 Å². The lowest BCUT2D eigenvalue weighted by Gasteiger charge is -2.32. The van der Waals surface area contributed by atoms with Crippen LogP contribution < -0.4 is 0 Å². The minimum Gasteiger partial charge on any atom is -0.456 e. The molecular weight excluding hydrogens is 394 g/mol. The van der Waals surface area contributed by atoms with Crippen LogP contribution in [0.2, 0.25) is 0 Å². The van der Waals surface area contributed by atoms with Crippen LogP contribution in [0.4, 0.5) is 0 Å². The van der Waals surface area contributed by atoms with Gasteiger partial charge in [-0.05, 0) is 63.5 Å². The highest BCUT2D eigenvalue weighted by molar-refractivity contribution is 5.91. The summed E-state index contributed by atoms with van der Waals surface area (Å²) in [5, 5.41) is 12.5. The van der Waals surface area contributed by atoms with E-state index in [0.717, 1.165) is 73.4 Å². The minimum absolute atomic E-state index is 0.0332. The summed E-state index contributed by atoms with van der Waals surface area (Å²) in [6.45, 7) is 6.33.